The van der Waals surface area contributed by atoms with Crippen LogP contribution in [0.1, 0.15) is 47.1 Å². The predicted molar refractivity (Wildman–Crippen MR) is 191 cm³/mol. The van der Waals surface area contributed by atoms with Crippen molar-refractivity contribution in [2.45, 2.75) is 53.4 Å². The molecule has 0 aliphatic heterocycles. The van der Waals surface area contributed by atoms with Gasteiger partial charge in [0.25, 0.3) is 5.24 Å². The summed E-state index contributed by atoms with van der Waals surface area (Å²) >= 11 is 25.2. The second-order valence-corrected chi connectivity index (χ2v) is 12.6. The quantitative estimate of drug-likeness (QED) is 0.248. The van der Waals surface area contributed by atoms with Crippen LogP contribution in [-0.4, -0.2) is 63.5 Å². The molecular weight excluding hydrogens is 653 g/mol. The Morgan fingerprint density at radius 1 is 0.929 bits per heavy atom. The number of anilines is 1. The molecule has 0 saturated heterocycles. The standard InChI is InChI=1S/C12H16ClNOS.C10H12ClNO2.C8H14ClNS2/c1-3-14(4-2)12(15)16-9-10-5-7-11(13)8-6-10;1-7(2)14-10(13)12-9-5-3-4-8(11)6-9;1-4-10(5-2)8(11)12-6-7(3)9/h5-8H,3-4,9H2,1-2H3;3-7H,1-2H3,(H,12,13);3-6H2,1-2H3. The van der Waals surface area contributed by atoms with Gasteiger partial charge in [0.15, 0.2) is 0 Å². The van der Waals surface area contributed by atoms with Gasteiger partial charge < -0.3 is 14.5 Å². The van der Waals surface area contributed by atoms with Crippen LogP contribution < -0.4 is 5.32 Å². The van der Waals surface area contributed by atoms with E-state index < -0.39 is 6.09 Å². The van der Waals surface area contributed by atoms with Gasteiger partial charge >= 0.3 is 6.09 Å². The lowest BCUT2D eigenvalue weighted by molar-refractivity contribution is 0.130. The molecule has 2 aromatic carbocycles. The molecule has 0 heterocycles. The zero-order valence-corrected chi connectivity index (χ0v) is 29.8. The highest BCUT2D eigenvalue weighted by Gasteiger charge is 2.10. The molecule has 0 bridgehead atoms. The van der Waals surface area contributed by atoms with Gasteiger partial charge in [0, 0.05) is 58.4 Å². The second-order valence-electron chi connectivity index (χ2n) is 8.69. The predicted octanol–water partition coefficient (Wildman–Crippen LogP) is 10.4. The molecular formula is C30H42Cl3N3O3S3. The first kappa shape index (κ1) is 40.4. The molecule has 0 aliphatic carbocycles. The highest BCUT2D eigenvalue weighted by molar-refractivity contribution is 8.23. The van der Waals surface area contributed by atoms with Gasteiger partial charge in [-0.3, -0.25) is 10.1 Å². The Morgan fingerprint density at radius 3 is 1.98 bits per heavy atom. The number of amides is 2. The minimum Gasteiger partial charge on any atom is -0.447 e. The van der Waals surface area contributed by atoms with E-state index in [4.69, 9.17) is 51.8 Å². The summed E-state index contributed by atoms with van der Waals surface area (Å²) in [5.41, 5.74) is 1.75. The van der Waals surface area contributed by atoms with E-state index in [-0.39, 0.29) is 11.3 Å². The Hall–Kier alpha value is -1.62. The van der Waals surface area contributed by atoms with Gasteiger partial charge in [-0.25, -0.2) is 4.79 Å². The first-order valence-electron chi connectivity index (χ1n) is 13.5. The summed E-state index contributed by atoms with van der Waals surface area (Å²) in [5.74, 6) is 1.41. The molecule has 42 heavy (non-hydrogen) atoms. The first-order valence-corrected chi connectivity index (χ1v) is 17.0. The summed E-state index contributed by atoms with van der Waals surface area (Å²) in [6.45, 7) is 18.8. The van der Waals surface area contributed by atoms with Crippen LogP contribution in [0.3, 0.4) is 0 Å². The highest BCUT2D eigenvalue weighted by atomic mass is 35.5. The smallest absolute Gasteiger partial charge is 0.411 e. The zero-order valence-electron chi connectivity index (χ0n) is 25.1. The summed E-state index contributed by atoms with van der Waals surface area (Å²) in [5, 5.41) is 4.66. The Morgan fingerprint density at radius 2 is 1.50 bits per heavy atom. The van der Waals surface area contributed by atoms with Crippen molar-refractivity contribution >= 4 is 91.9 Å². The normalized spacial score (nSPS) is 9.95. The van der Waals surface area contributed by atoms with Gasteiger partial charge in [0.2, 0.25) is 0 Å². The van der Waals surface area contributed by atoms with Crippen LogP contribution >= 0.6 is 70.5 Å². The number of carbonyl (C=O) groups excluding carboxylic acids is 2. The van der Waals surface area contributed by atoms with Crippen molar-refractivity contribution in [2.75, 3.05) is 37.2 Å². The van der Waals surface area contributed by atoms with Crippen LogP contribution in [0, 0.1) is 0 Å². The lowest BCUT2D eigenvalue weighted by atomic mass is 10.2. The van der Waals surface area contributed by atoms with Gasteiger partial charge in [-0.2, -0.15) is 0 Å². The Kier molecular flexibility index (Phi) is 22.9. The fourth-order valence-electron chi connectivity index (χ4n) is 2.94. The molecule has 0 aromatic heterocycles. The van der Waals surface area contributed by atoms with Gasteiger partial charge in [-0.1, -0.05) is 95.3 Å². The fourth-order valence-corrected chi connectivity index (χ4v) is 5.50. The topological polar surface area (TPSA) is 61.9 Å². The number of nitrogens with one attached hydrogen (secondary N) is 1. The van der Waals surface area contributed by atoms with Crippen LogP contribution in [0.25, 0.3) is 0 Å². The molecule has 0 aliphatic rings. The van der Waals surface area contributed by atoms with Crippen molar-refractivity contribution in [3.63, 3.8) is 0 Å². The summed E-state index contributed by atoms with van der Waals surface area (Å²) in [7, 11) is 0. The van der Waals surface area contributed by atoms with E-state index in [0.717, 1.165) is 41.1 Å². The number of hydrogen-bond donors (Lipinski definition) is 1. The zero-order chi connectivity index (χ0) is 32.1. The molecule has 0 atom stereocenters. The van der Waals surface area contributed by atoms with Gasteiger partial charge in [-0.15, -0.1) is 0 Å². The van der Waals surface area contributed by atoms with E-state index in [0.29, 0.717) is 27.2 Å². The summed E-state index contributed by atoms with van der Waals surface area (Å²) in [6.07, 6.45) is -0.601. The fraction of sp³-hybridized carbons (Fsp3) is 0.433. The molecule has 0 unspecified atom stereocenters. The van der Waals surface area contributed by atoms with Crippen molar-refractivity contribution < 1.29 is 14.3 Å². The summed E-state index contributed by atoms with van der Waals surface area (Å²) in [4.78, 5) is 26.8. The number of hydrogen-bond acceptors (Lipinski definition) is 6. The third-order valence-electron chi connectivity index (χ3n) is 5.08. The van der Waals surface area contributed by atoms with Crippen LogP contribution in [0.15, 0.2) is 60.1 Å². The number of rotatable bonds is 10. The van der Waals surface area contributed by atoms with Gasteiger partial charge in [0.1, 0.15) is 4.32 Å². The van der Waals surface area contributed by atoms with E-state index in [1.807, 2.05) is 43.0 Å². The lowest BCUT2D eigenvalue weighted by Crippen LogP contribution is -2.26. The van der Waals surface area contributed by atoms with Gasteiger partial charge in [0.05, 0.1) is 6.10 Å². The minimum absolute atomic E-state index is 0.130. The second kappa shape index (κ2) is 23.8. The number of nitrogens with zero attached hydrogens (tertiary/aromatic N) is 2. The Balaban J connectivity index is 0.000000608. The molecule has 1 N–H and O–H groups in total. The van der Waals surface area contributed by atoms with Crippen molar-refractivity contribution in [1.29, 1.82) is 0 Å². The lowest BCUT2D eigenvalue weighted by Gasteiger charge is -2.20. The van der Waals surface area contributed by atoms with Crippen LogP contribution in [0.2, 0.25) is 10.0 Å². The monoisotopic (exact) mass is 693 g/mol. The van der Waals surface area contributed by atoms with Crippen molar-refractivity contribution in [3.8, 4) is 0 Å². The molecule has 0 spiro atoms. The number of ether oxygens (including phenoxy) is 1. The van der Waals surface area contributed by atoms with E-state index in [9.17, 15) is 9.59 Å². The molecule has 12 heteroatoms. The molecule has 0 saturated carbocycles. The number of thioether (sulfide) groups is 2. The maximum absolute atomic E-state index is 11.7. The molecule has 234 valence electrons. The highest BCUT2D eigenvalue weighted by Crippen LogP contribution is 2.18. The minimum atomic E-state index is -0.470. The van der Waals surface area contributed by atoms with Crippen LogP contribution in [0.5, 0.6) is 0 Å². The van der Waals surface area contributed by atoms with Gasteiger partial charge in [-0.05, 0) is 77.4 Å². The number of carbonyl (C=O) groups is 2. The largest absolute Gasteiger partial charge is 0.447 e. The number of thiocarbonyl (C=S) groups is 1. The maximum atomic E-state index is 11.7. The summed E-state index contributed by atoms with van der Waals surface area (Å²) < 4.78 is 5.81. The van der Waals surface area contributed by atoms with Crippen molar-refractivity contribution in [3.05, 3.63) is 75.8 Å². The molecule has 2 rings (SSSR count). The average molecular weight is 695 g/mol. The Labute approximate surface area is 280 Å². The number of halogens is 3. The SMILES string of the molecule is C=C(Cl)CSC(=S)N(CC)CC.CC(C)OC(=O)Nc1cccc(Cl)c1.CCN(CC)C(=O)SCc1ccc(Cl)cc1. The molecule has 6 nitrogen and oxygen atoms in total. The molecule has 0 radical (unpaired) electrons. The summed E-state index contributed by atoms with van der Waals surface area (Å²) in [6, 6.07) is 14.5. The third-order valence-corrected chi connectivity index (χ3v) is 8.46. The average Bonchev–Trinajstić information content (AvgIpc) is 2.93. The Bertz CT molecular complexity index is 1100. The van der Waals surface area contributed by atoms with E-state index >= 15 is 0 Å². The van der Waals surface area contributed by atoms with Crippen molar-refractivity contribution in [2.24, 2.45) is 0 Å². The van der Waals surface area contributed by atoms with E-state index in [1.54, 1.807) is 49.9 Å². The first-order chi connectivity index (χ1) is 19.9. The van der Waals surface area contributed by atoms with Crippen LogP contribution in [-0.2, 0) is 10.5 Å². The van der Waals surface area contributed by atoms with Crippen LogP contribution in [0.4, 0.5) is 15.3 Å². The van der Waals surface area contributed by atoms with Crippen molar-refractivity contribution in [1.82, 2.24) is 9.80 Å². The maximum Gasteiger partial charge on any atom is 0.411 e. The third kappa shape index (κ3) is 19.5. The molecule has 0 fully saturated rings. The van der Waals surface area contributed by atoms with E-state index in [1.165, 1.54) is 11.8 Å². The number of benzene rings is 2. The molecule has 2 amide bonds. The molecule has 2 aromatic rings. The van der Waals surface area contributed by atoms with E-state index in [2.05, 4.69) is 30.6 Å².